The standard InChI is InChI=1S/C16H20/c1-14-8-5-6-12-16(14)13-7-11-15-9-3-2-4-10-15/h2-4,7,9-11,16H,1,5-6,8,12-13H2/b11-7+. The van der Waals surface area contributed by atoms with Gasteiger partial charge in [0.1, 0.15) is 0 Å². The van der Waals surface area contributed by atoms with Crippen LogP contribution in [0.2, 0.25) is 0 Å². The fourth-order valence-corrected chi connectivity index (χ4v) is 2.37. The summed E-state index contributed by atoms with van der Waals surface area (Å²) in [5.41, 5.74) is 2.76. The molecule has 1 fully saturated rings. The first-order valence-corrected chi connectivity index (χ1v) is 6.25. The quantitative estimate of drug-likeness (QED) is 0.629. The fourth-order valence-electron chi connectivity index (χ4n) is 2.37. The van der Waals surface area contributed by atoms with Gasteiger partial charge in [-0.2, -0.15) is 0 Å². The largest absolute Gasteiger partial charge is 0.0996 e. The molecule has 16 heavy (non-hydrogen) atoms. The molecule has 1 unspecified atom stereocenters. The SMILES string of the molecule is C=C1CCCCC1C/C=C/c1ccccc1. The Morgan fingerprint density at radius 3 is 2.75 bits per heavy atom. The lowest BCUT2D eigenvalue weighted by Crippen LogP contribution is -2.07. The molecule has 84 valence electrons. The molecule has 0 saturated heterocycles. The van der Waals surface area contributed by atoms with E-state index in [4.69, 9.17) is 0 Å². The summed E-state index contributed by atoms with van der Waals surface area (Å²) >= 11 is 0. The van der Waals surface area contributed by atoms with E-state index in [0.29, 0.717) is 0 Å². The fraction of sp³-hybridized carbons (Fsp3) is 0.375. The van der Waals surface area contributed by atoms with Crippen LogP contribution >= 0.6 is 0 Å². The monoisotopic (exact) mass is 212 g/mol. The van der Waals surface area contributed by atoms with Gasteiger partial charge in [-0.1, -0.05) is 61.1 Å². The van der Waals surface area contributed by atoms with Gasteiger partial charge >= 0.3 is 0 Å². The highest BCUT2D eigenvalue weighted by Gasteiger charge is 2.15. The van der Waals surface area contributed by atoms with Crippen molar-refractivity contribution in [2.75, 3.05) is 0 Å². The molecule has 1 saturated carbocycles. The molecule has 0 aliphatic heterocycles. The zero-order chi connectivity index (χ0) is 11.2. The Morgan fingerprint density at radius 1 is 1.19 bits per heavy atom. The summed E-state index contributed by atoms with van der Waals surface area (Å²) in [4.78, 5) is 0. The maximum absolute atomic E-state index is 4.19. The third-order valence-corrected chi connectivity index (χ3v) is 3.41. The molecule has 1 aliphatic carbocycles. The van der Waals surface area contributed by atoms with E-state index < -0.39 is 0 Å². The highest BCUT2D eigenvalue weighted by molar-refractivity contribution is 5.48. The van der Waals surface area contributed by atoms with Crippen molar-refractivity contribution < 1.29 is 0 Å². The van der Waals surface area contributed by atoms with Crippen LogP contribution in [0.1, 0.15) is 37.7 Å². The van der Waals surface area contributed by atoms with E-state index in [0.717, 1.165) is 12.3 Å². The average Bonchev–Trinajstić information content (AvgIpc) is 2.33. The topological polar surface area (TPSA) is 0 Å². The summed E-state index contributed by atoms with van der Waals surface area (Å²) in [5, 5.41) is 0. The molecule has 0 heteroatoms. The van der Waals surface area contributed by atoms with Crippen molar-refractivity contribution in [3.63, 3.8) is 0 Å². The van der Waals surface area contributed by atoms with Crippen LogP contribution in [0.4, 0.5) is 0 Å². The Kier molecular flexibility index (Phi) is 3.98. The van der Waals surface area contributed by atoms with Crippen molar-refractivity contribution in [1.82, 2.24) is 0 Å². The van der Waals surface area contributed by atoms with Crippen LogP contribution in [0.25, 0.3) is 6.08 Å². The molecule has 1 aromatic rings. The van der Waals surface area contributed by atoms with Gasteiger partial charge in [-0.25, -0.2) is 0 Å². The maximum atomic E-state index is 4.19. The highest BCUT2D eigenvalue weighted by Crippen LogP contribution is 2.30. The van der Waals surface area contributed by atoms with Crippen LogP contribution in [-0.4, -0.2) is 0 Å². The van der Waals surface area contributed by atoms with Gasteiger partial charge < -0.3 is 0 Å². The van der Waals surface area contributed by atoms with Gasteiger partial charge in [-0.3, -0.25) is 0 Å². The van der Waals surface area contributed by atoms with Crippen LogP contribution in [-0.2, 0) is 0 Å². The van der Waals surface area contributed by atoms with Gasteiger partial charge in [0.05, 0.1) is 0 Å². The first kappa shape index (κ1) is 11.2. The molecule has 0 bridgehead atoms. The predicted octanol–water partition coefficient (Wildman–Crippen LogP) is 4.84. The number of hydrogen-bond acceptors (Lipinski definition) is 0. The van der Waals surface area contributed by atoms with Crippen molar-refractivity contribution in [2.45, 2.75) is 32.1 Å². The second-order valence-corrected chi connectivity index (χ2v) is 4.65. The summed E-state index contributed by atoms with van der Waals surface area (Å²) in [6, 6.07) is 10.5. The average molecular weight is 212 g/mol. The predicted molar refractivity (Wildman–Crippen MR) is 71.2 cm³/mol. The number of hydrogen-bond donors (Lipinski definition) is 0. The van der Waals surface area contributed by atoms with Crippen LogP contribution in [0, 0.1) is 5.92 Å². The van der Waals surface area contributed by atoms with Crippen LogP contribution in [0.3, 0.4) is 0 Å². The summed E-state index contributed by atoms with van der Waals surface area (Å²) in [6.45, 7) is 4.19. The van der Waals surface area contributed by atoms with Crippen LogP contribution in [0.5, 0.6) is 0 Å². The summed E-state index contributed by atoms with van der Waals surface area (Å²) in [7, 11) is 0. The normalized spacial score (nSPS) is 21.5. The first-order chi connectivity index (χ1) is 7.86. The lowest BCUT2D eigenvalue weighted by molar-refractivity contribution is 0.459. The van der Waals surface area contributed by atoms with Gasteiger partial charge in [-0.15, -0.1) is 0 Å². The summed E-state index contributed by atoms with van der Waals surface area (Å²) < 4.78 is 0. The van der Waals surface area contributed by atoms with E-state index in [1.54, 1.807) is 0 Å². The first-order valence-electron chi connectivity index (χ1n) is 6.25. The van der Waals surface area contributed by atoms with Gasteiger partial charge in [0.25, 0.3) is 0 Å². The molecule has 2 rings (SSSR count). The van der Waals surface area contributed by atoms with Crippen molar-refractivity contribution in [3.8, 4) is 0 Å². The summed E-state index contributed by atoms with van der Waals surface area (Å²) in [6.07, 6.45) is 11.0. The number of allylic oxidation sites excluding steroid dienone is 2. The van der Waals surface area contributed by atoms with Gasteiger partial charge in [0, 0.05) is 0 Å². The molecule has 0 amide bonds. The van der Waals surface area contributed by atoms with E-state index in [1.807, 2.05) is 0 Å². The molecule has 0 radical (unpaired) electrons. The Labute approximate surface area is 98.7 Å². The van der Waals surface area contributed by atoms with E-state index in [2.05, 4.69) is 49.1 Å². The number of benzene rings is 1. The second kappa shape index (κ2) is 5.69. The van der Waals surface area contributed by atoms with Crippen molar-refractivity contribution >= 4 is 6.08 Å². The minimum atomic E-state index is 0.730. The molecule has 0 N–H and O–H groups in total. The second-order valence-electron chi connectivity index (χ2n) is 4.65. The van der Waals surface area contributed by atoms with E-state index in [-0.39, 0.29) is 0 Å². The minimum Gasteiger partial charge on any atom is -0.0996 e. The molecular weight excluding hydrogens is 192 g/mol. The van der Waals surface area contributed by atoms with Crippen LogP contribution < -0.4 is 0 Å². The van der Waals surface area contributed by atoms with E-state index >= 15 is 0 Å². The van der Waals surface area contributed by atoms with Crippen molar-refractivity contribution in [2.24, 2.45) is 5.92 Å². The van der Waals surface area contributed by atoms with Gasteiger partial charge in [0.2, 0.25) is 0 Å². The zero-order valence-electron chi connectivity index (χ0n) is 9.86. The maximum Gasteiger partial charge on any atom is -0.0171 e. The summed E-state index contributed by atoms with van der Waals surface area (Å²) in [5.74, 6) is 0.730. The molecule has 1 aliphatic rings. The lowest BCUT2D eigenvalue weighted by Gasteiger charge is -2.23. The van der Waals surface area contributed by atoms with Gasteiger partial charge in [-0.05, 0) is 37.2 Å². The molecule has 0 spiro atoms. The highest BCUT2D eigenvalue weighted by atomic mass is 14.2. The smallest absolute Gasteiger partial charge is 0.0171 e. The molecule has 1 aromatic carbocycles. The Balaban J connectivity index is 1.87. The Morgan fingerprint density at radius 2 is 2.00 bits per heavy atom. The third kappa shape index (κ3) is 3.10. The van der Waals surface area contributed by atoms with E-state index in [1.165, 1.54) is 36.8 Å². The van der Waals surface area contributed by atoms with Crippen LogP contribution in [0.15, 0.2) is 48.6 Å². The molecular formula is C16H20. The van der Waals surface area contributed by atoms with Gasteiger partial charge in [0.15, 0.2) is 0 Å². The van der Waals surface area contributed by atoms with Crippen molar-refractivity contribution in [1.29, 1.82) is 0 Å². The number of rotatable bonds is 3. The van der Waals surface area contributed by atoms with Crippen molar-refractivity contribution in [3.05, 3.63) is 54.1 Å². The zero-order valence-corrected chi connectivity index (χ0v) is 9.86. The molecule has 1 atom stereocenters. The lowest BCUT2D eigenvalue weighted by atomic mass is 9.83. The molecule has 0 heterocycles. The third-order valence-electron chi connectivity index (χ3n) is 3.41. The molecule has 0 nitrogen and oxygen atoms in total. The Hall–Kier alpha value is -1.30. The molecule has 0 aromatic heterocycles. The van der Waals surface area contributed by atoms with E-state index in [9.17, 15) is 0 Å². The Bertz CT molecular complexity index is 359. The minimum absolute atomic E-state index is 0.730.